The van der Waals surface area contributed by atoms with Gasteiger partial charge >= 0.3 is 0 Å². The molecule has 0 unspecified atom stereocenters. The van der Waals surface area contributed by atoms with Gasteiger partial charge < -0.3 is 4.74 Å². The van der Waals surface area contributed by atoms with Crippen molar-refractivity contribution in [2.24, 2.45) is 0 Å². The van der Waals surface area contributed by atoms with Gasteiger partial charge in [-0.05, 0) is 64.0 Å². The van der Waals surface area contributed by atoms with Gasteiger partial charge in [-0.15, -0.1) is 0 Å². The number of rotatable bonds is 4. The van der Waals surface area contributed by atoms with E-state index in [1.165, 1.54) is 25.7 Å². The van der Waals surface area contributed by atoms with Gasteiger partial charge in [0, 0.05) is 5.56 Å². The molecule has 0 amide bonds. The fourth-order valence-corrected chi connectivity index (χ4v) is 2.87. The molecule has 0 spiro atoms. The zero-order chi connectivity index (χ0) is 14.6. The third-order valence-corrected chi connectivity index (χ3v) is 4.30. The molecule has 2 rings (SSSR count). The summed E-state index contributed by atoms with van der Waals surface area (Å²) in [7, 11) is 1.64. The van der Waals surface area contributed by atoms with E-state index in [1.807, 2.05) is 38.1 Å². The fourth-order valence-electron chi connectivity index (χ4n) is 2.87. The minimum atomic E-state index is -0.432. The molecule has 20 heavy (non-hydrogen) atoms. The lowest BCUT2D eigenvalue weighted by Gasteiger charge is -2.36. The van der Waals surface area contributed by atoms with E-state index in [9.17, 15) is 4.79 Å². The van der Waals surface area contributed by atoms with Crippen molar-refractivity contribution in [1.29, 1.82) is 0 Å². The van der Waals surface area contributed by atoms with E-state index in [0.717, 1.165) is 24.4 Å². The Morgan fingerprint density at radius 1 is 1.05 bits per heavy atom. The average molecular weight is 275 g/mol. The molecule has 1 aliphatic rings. The first kappa shape index (κ1) is 15.0. The summed E-state index contributed by atoms with van der Waals surface area (Å²) in [4.78, 5) is 15.1. The van der Waals surface area contributed by atoms with Crippen LogP contribution in [0.3, 0.4) is 0 Å². The molecule has 0 N–H and O–H groups in total. The number of carbonyl (C=O) groups excluding carboxylic acids is 1. The van der Waals surface area contributed by atoms with Crippen LogP contribution in [0.1, 0.15) is 49.9 Å². The van der Waals surface area contributed by atoms with E-state index < -0.39 is 5.54 Å². The molecule has 0 saturated carbocycles. The molecule has 1 heterocycles. The summed E-state index contributed by atoms with van der Waals surface area (Å²) in [6.07, 6.45) is 4.95. The van der Waals surface area contributed by atoms with Crippen molar-refractivity contribution < 1.29 is 9.53 Å². The molecular formula is C17H25NO2. The summed E-state index contributed by atoms with van der Waals surface area (Å²) in [6, 6.07) is 7.43. The maximum Gasteiger partial charge on any atom is 0.182 e. The number of ether oxygens (including phenoxy) is 1. The highest BCUT2D eigenvalue weighted by molar-refractivity contribution is 6.02. The zero-order valence-electron chi connectivity index (χ0n) is 12.8. The normalized spacial score (nSPS) is 17.6. The highest BCUT2D eigenvalue weighted by Crippen LogP contribution is 2.25. The van der Waals surface area contributed by atoms with Gasteiger partial charge in [0.1, 0.15) is 5.75 Å². The predicted molar refractivity (Wildman–Crippen MR) is 81.4 cm³/mol. The van der Waals surface area contributed by atoms with E-state index in [-0.39, 0.29) is 5.78 Å². The van der Waals surface area contributed by atoms with Crippen molar-refractivity contribution in [2.75, 3.05) is 20.2 Å². The Hall–Kier alpha value is -1.35. The number of likely N-dealkylation sites (tertiary alicyclic amines) is 1. The molecule has 1 aromatic rings. The van der Waals surface area contributed by atoms with Crippen LogP contribution in [0.4, 0.5) is 0 Å². The van der Waals surface area contributed by atoms with Crippen molar-refractivity contribution >= 4 is 5.78 Å². The molecule has 110 valence electrons. The largest absolute Gasteiger partial charge is 0.497 e. The molecule has 3 heteroatoms. The maximum atomic E-state index is 12.8. The molecule has 3 nitrogen and oxygen atoms in total. The van der Waals surface area contributed by atoms with Gasteiger partial charge in [0.05, 0.1) is 12.6 Å². The van der Waals surface area contributed by atoms with E-state index in [0.29, 0.717) is 0 Å². The Kier molecular flexibility index (Phi) is 4.81. The second-order valence-corrected chi connectivity index (χ2v) is 6.02. The van der Waals surface area contributed by atoms with Crippen LogP contribution >= 0.6 is 0 Å². The van der Waals surface area contributed by atoms with E-state index in [1.54, 1.807) is 7.11 Å². The number of ketones is 1. The van der Waals surface area contributed by atoms with Gasteiger partial charge in [0.25, 0.3) is 0 Å². The summed E-state index contributed by atoms with van der Waals surface area (Å²) in [5.41, 5.74) is 0.332. The number of carbonyl (C=O) groups is 1. The van der Waals surface area contributed by atoms with Crippen LogP contribution in [0.5, 0.6) is 5.75 Å². The molecule has 0 aromatic heterocycles. The molecule has 0 bridgehead atoms. The molecule has 1 aliphatic heterocycles. The van der Waals surface area contributed by atoms with Crippen molar-refractivity contribution in [3.63, 3.8) is 0 Å². The van der Waals surface area contributed by atoms with E-state index >= 15 is 0 Å². The third-order valence-electron chi connectivity index (χ3n) is 4.30. The molecular weight excluding hydrogens is 250 g/mol. The smallest absolute Gasteiger partial charge is 0.182 e. The van der Waals surface area contributed by atoms with E-state index in [4.69, 9.17) is 4.74 Å². The topological polar surface area (TPSA) is 29.5 Å². The van der Waals surface area contributed by atoms with E-state index in [2.05, 4.69) is 4.90 Å². The van der Waals surface area contributed by atoms with Crippen LogP contribution in [0.2, 0.25) is 0 Å². The maximum absolute atomic E-state index is 12.8. The molecule has 0 atom stereocenters. The van der Waals surface area contributed by atoms with Gasteiger partial charge in [-0.3, -0.25) is 9.69 Å². The summed E-state index contributed by atoms with van der Waals surface area (Å²) < 4.78 is 5.15. The Morgan fingerprint density at radius 2 is 1.60 bits per heavy atom. The molecule has 0 radical (unpaired) electrons. The molecule has 1 fully saturated rings. The number of methoxy groups -OCH3 is 1. The van der Waals surface area contributed by atoms with Crippen molar-refractivity contribution in [2.45, 2.75) is 45.1 Å². The van der Waals surface area contributed by atoms with Gasteiger partial charge in [-0.1, -0.05) is 12.8 Å². The Balaban J connectivity index is 2.15. The highest BCUT2D eigenvalue weighted by atomic mass is 16.5. The number of Topliss-reactive ketones (excluding diaryl/α,β-unsaturated/α-hetero) is 1. The third kappa shape index (κ3) is 3.21. The lowest BCUT2D eigenvalue weighted by molar-refractivity contribution is 0.0649. The summed E-state index contributed by atoms with van der Waals surface area (Å²) >= 11 is 0. The van der Waals surface area contributed by atoms with Crippen LogP contribution in [0.15, 0.2) is 24.3 Å². The monoisotopic (exact) mass is 275 g/mol. The highest BCUT2D eigenvalue weighted by Gasteiger charge is 2.35. The van der Waals surface area contributed by atoms with Crippen molar-refractivity contribution in [3.8, 4) is 5.75 Å². The first-order valence-corrected chi connectivity index (χ1v) is 7.49. The minimum Gasteiger partial charge on any atom is -0.497 e. The van der Waals surface area contributed by atoms with Crippen LogP contribution in [0.25, 0.3) is 0 Å². The average Bonchev–Trinajstić information content (AvgIpc) is 2.76. The zero-order valence-corrected chi connectivity index (χ0v) is 12.8. The van der Waals surface area contributed by atoms with Crippen molar-refractivity contribution in [3.05, 3.63) is 29.8 Å². The lowest BCUT2D eigenvalue weighted by Crippen LogP contribution is -2.50. The first-order valence-electron chi connectivity index (χ1n) is 7.49. The summed E-state index contributed by atoms with van der Waals surface area (Å²) in [5, 5.41) is 0. The van der Waals surface area contributed by atoms with Crippen LogP contribution in [0, 0.1) is 0 Å². The molecule has 0 aliphatic carbocycles. The SMILES string of the molecule is COc1ccc(C(=O)C(C)(C)N2CCCCCC2)cc1. The van der Waals surface area contributed by atoms with Crippen LogP contribution in [-0.2, 0) is 0 Å². The van der Waals surface area contributed by atoms with Crippen LogP contribution in [-0.4, -0.2) is 36.4 Å². The predicted octanol–water partition coefficient (Wildman–Crippen LogP) is 3.53. The van der Waals surface area contributed by atoms with Gasteiger partial charge in [-0.25, -0.2) is 0 Å². The first-order chi connectivity index (χ1) is 9.55. The summed E-state index contributed by atoms with van der Waals surface area (Å²) in [5.74, 6) is 0.983. The number of benzene rings is 1. The van der Waals surface area contributed by atoms with Gasteiger partial charge in [-0.2, -0.15) is 0 Å². The van der Waals surface area contributed by atoms with Crippen molar-refractivity contribution in [1.82, 2.24) is 4.90 Å². The second kappa shape index (κ2) is 6.40. The standard InChI is InChI=1S/C17H25NO2/c1-17(2,18-12-6-4-5-7-13-18)16(19)14-8-10-15(20-3)11-9-14/h8-11H,4-7,12-13H2,1-3H3. The second-order valence-electron chi connectivity index (χ2n) is 6.02. The Labute approximate surface area is 121 Å². The molecule has 1 aromatic carbocycles. The number of hydrogen-bond acceptors (Lipinski definition) is 3. The number of nitrogens with zero attached hydrogens (tertiary/aromatic N) is 1. The van der Waals surface area contributed by atoms with Gasteiger partial charge in [0.15, 0.2) is 5.78 Å². The number of hydrogen-bond donors (Lipinski definition) is 0. The van der Waals surface area contributed by atoms with Crippen LogP contribution < -0.4 is 4.74 Å². The fraction of sp³-hybridized carbons (Fsp3) is 0.588. The lowest BCUT2D eigenvalue weighted by atomic mass is 9.91. The molecule has 1 saturated heterocycles. The van der Waals surface area contributed by atoms with Gasteiger partial charge in [0.2, 0.25) is 0 Å². The minimum absolute atomic E-state index is 0.196. The quantitative estimate of drug-likeness (QED) is 0.787. The summed E-state index contributed by atoms with van der Waals surface area (Å²) in [6.45, 7) is 6.14. The Morgan fingerprint density at radius 3 is 2.10 bits per heavy atom. The Bertz CT molecular complexity index is 443.